The molecule has 0 unspecified atom stereocenters. The lowest BCUT2D eigenvalue weighted by molar-refractivity contribution is 0.396. The number of rotatable bonds is 3. The van der Waals surface area contributed by atoms with E-state index in [9.17, 15) is 5.26 Å². The first-order valence-electron chi connectivity index (χ1n) is 7.99. The van der Waals surface area contributed by atoms with Crippen molar-refractivity contribution in [3.8, 4) is 40.3 Å². The predicted octanol–water partition coefficient (Wildman–Crippen LogP) is 4.00. The maximum Gasteiger partial charge on any atom is 0.232 e. The summed E-state index contributed by atoms with van der Waals surface area (Å²) < 4.78 is 16.3. The van der Waals surface area contributed by atoms with Crippen LogP contribution in [-0.4, -0.2) is 19.2 Å². The lowest BCUT2D eigenvalue weighted by Crippen LogP contribution is -2.10. The van der Waals surface area contributed by atoms with Gasteiger partial charge in [0, 0.05) is 11.1 Å². The number of nitriles is 1. The first-order chi connectivity index (χ1) is 12.3. The molecule has 1 aliphatic rings. The topological polar surface area (TPSA) is 68.3 Å². The molecular formula is C20H16N2O3. The molecule has 4 rings (SSSR count). The number of hydrogen-bond donors (Lipinski definition) is 0. The standard InChI is InChI=1S/C20H16N2O3/c1-23-13-6-8-14-12(10-13)5-7-15-18(17-4-3-9-25-17)16(11-21)20(24-2)22-19(14)15/h3-4,6,8-10H,5,7H2,1-2H3. The van der Waals surface area contributed by atoms with E-state index in [2.05, 4.69) is 11.1 Å². The van der Waals surface area contributed by atoms with Gasteiger partial charge in [-0.3, -0.25) is 0 Å². The third-order valence-electron chi connectivity index (χ3n) is 4.55. The highest BCUT2D eigenvalue weighted by atomic mass is 16.5. The minimum Gasteiger partial charge on any atom is -0.497 e. The summed E-state index contributed by atoms with van der Waals surface area (Å²) in [5.41, 5.74) is 5.26. The monoisotopic (exact) mass is 332 g/mol. The van der Waals surface area contributed by atoms with Crippen molar-refractivity contribution >= 4 is 0 Å². The van der Waals surface area contributed by atoms with E-state index < -0.39 is 0 Å². The largest absolute Gasteiger partial charge is 0.497 e. The smallest absolute Gasteiger partial charge is 0.232 e. The molecule has 0 atom stereocenters. The van der Waals surface area contributed by atoms with Crippen LogP contribution < -0.4 is 9.47 Å². The Kier molecular flexibility index (Phi) is 3.66. The van der Waals surface area contributed by atoms with Gasteiger partial charge in [-0.15, -0.1) is 0 Å². The van der Waals surface area contributed by atoms with E-state index in [0.717, 1.165) is 41.0 Å². The van der Waals surface area contributed by atoms with Crippen molar-refractivity contribution in [2.24, 2.45) is 0 Å². The van der Waals surface area contributed by atoms with Gasteiger partial charge in [-0.2, -0.15) is 5.26 Å². The van der Waals surface area contributed by atoms with Gasteiger partial charge in [0.15, 0.2) is 0 Å². The van der Waals surface area contributed by atoms with E-state index in [0.29, 0.717) is 17.2 Å². The predicted molar refractivity (Wildman–Crippen MR) is 92.6 cm³/mol. The van der Waals surface area contributed by atoms with Crippen LogP contribution in [0.4, 0.5) is 0 Å². The van der Waals surface area contributed by atoms with Gasteiger partial charge in [0.2, 0.25) is 5.88 Å². The van der Waals surface area contributed by atoms with Crippen molar-refractivity contribution < 1.29 is 13.9 Å². The molecule has 1 aromatic carbocycles. The summed E-state index contributed by atoms with van der Waals surface area (Å²) in [5.74, 6) is 1.80. The van der Waals surface area contributed by atoms with E-state index in [-0.39, 0.29) is 0 Å². The van der Waals surface area contributed by atoms with Crippen molar-refractivity contribution in [2.45, 2.75) is 12.8 Å². The number of pyridine rings is 1. The normalized spacial score (nSPS) is 12.0. The van der Waals surface area contributed by atoms with Crippen LogP contribution in [0, 0.1) is 11.3 Å². The molecule has 0 fully saturated rings. The molecule has 0 saturated heterocycles. The molecule has 0 bridgehead atoms. The molecule has 5 nitrogen and oxygen atoms in total. The van der Waals surface area contributed by atoms with Crippen molar-refractivity contribution in [1.29, 1.82) is 5.26 Å². The number of aromatic nitrogens is 1. The van der Waals surface area contributed by atoms with Crippen molar-refractivity contribution in [2.75, 3.05) is 14.2 Å². The van der Waals surface area contributed by atoms with Gasteiger partial charge in [0.05, 0.1) is 26.2 Å². The molecule has 25 heavy (non-hydrogen) atoms. The first-order valence-corrected chi connectivity index (χ1v) is 7.99. The molecule has 0 amide bonds. The highest BCUT2D eigenvalue weighted by Gasteiger charge is 2.27. The van der Waals surface area contributed by atoms with Gasteiger partial charge >= 0.3 is 0 Å². The van der Waals surface area contributed by atoms with Crippen LogP contribution in [-0.2, 0) is 12.8 Å². The Bertz CT molecular complexity index is 985. The van der Waals surface area contributed by atoms with Crippen LogP contribution in [0.25, 0.3) is 22.6 Å². The van der Waals surface area contributed by atoms with E-state index in [4.69, 9.17) is 13.9 Å². The molecule has 124 valence electrons. The number of fused-ring (bicyclic) bond motifs is 3. The Labute approximate surface area is 145 Å². The van der Waals surface area contributed by atoms with Gasteiger partial charge in [-0.05, 0) is 54.3 Å². The molecular weight excluding hydrogens is 316 g/mol. The minimum atomic E-state index is 0.316. The number of methoxy groups -OCH3 is 2. The number of nitrogens with zero attached hydrogens (tertiary/aromatic N) is 2. The number of ether oxygens (including phenoxy) is 2. The van der Waals surface area contributed by atoms with Crippen LogP contribution in [0.5, 0.6) is 11.6 Å². The second kappa shape index (κ2) is 5.99. The quantitative estimate of drug-likeness (QED) is 0.725. The summed E-state index contributed by atoms with van der Waals surface area (Å²) in [4.78, 5) is 4.64. The fourth-order valence-corrected chi connectivity index (χ4v) is 3.41. The Balaban J connectivity index is 2.03. The Morgan fingerprint density at radius 3 is 2.72 bits per heavy atom. The summed E-state index contributed by atoms with van der Waals surface area (Å²) in [6.07, 6.45) is 3.24. The van der Waals surface area contributed by atoms with E-state index in [1.165, 1.54) is 12.7 Å². The molecule has 3 aromatic rings. The van der Waals surface area contributed by atoms with Crippen molar-refractivity contribution in [3.05, 3.63) is 53.3 Å². The van der Waals surface area contributed by atoms with Gasteiger partial charge < -0.3 is 13.9 Å². The number of furan rings is 1. The van der Waals surface area contributed by atoms with Gasteiger partial charge in [0.1, 0.15) is 23.1 Å². The van der Waals surface area contributed by atoms with Gasteiger partial charge in [-0.25, -0.2) is 4.98 Å². The Hall–Kier alpha value is -3.26. The SMILES string of the molecule is COc1ccc2c(c1)CCc1c-2nc(OC)c(C#N)c1-c1ccco1. The summed E-state index contributed by atoms with van der Waals surface area (Å²) in [6, 6.07) is 11.9. The maximum atomic E-state index is 9.67. The van der Waals surface area contributed by atoms with E-state index in [1.807, 2.05) is 30.3 Å². The molecule has 5 heteroatoms. The molecule has 0 spiro atoms. The fraction of sp³-hybridized carbons (Fsp3) is 0.200. The van der Waals surface area contributed by atoms with Crippen LogP contribution in [0.2, 0.25) is 0 Å². The van der Waals surface area contributed by atoms with Crippen molar-refractivity contribution in [1.82, 2.24) is 4.98 Å². The van der Waals surface area contributed by atoms with Crippen molar-refractivity contribution in [3.63, 3.8) is 0 Å². The second-order valence-electron chi connectivity index (χ2n) is 5.81. The zero-order valence-electron chi connectivity index (χ0n) is 14.0. The molecule has 0 radical (unpaired) electrons. The molecule has 0 aliphatic heterocycles. The van der Waals surface area contributed by atoms with Gasteiger partial charge in [-0.1, -0.05) is 0 Å². The van der Waals surface area contributed by atoms with Gasteiger partial charge in [0.25, 0.3) is 0 Å². The molecule has 2 aromatic heterocycles. The summed E-state index contributed by atoms with van der Waals surface area (Å²) in [6.45, 7) is 0. The summed E-state index contributed by atoms with van der Waals surface area (Å²) in [5, 5.41) is 9.67. The average Bonchev–Trinajstić information content (AvgIpc) is 3.19. The van der Waals surface area contributed by atoms with Crippen LogP contribution >= 0.6 is 0 Å². The van der Waals surface area contributed by atoms with Crippen LogP contribution in [0.1, 0.15) is 16.7 Å². The number of hydrogen-bond acceptors (Lipinski definition) is 5. The highest BCUT2D eigenvalue weighted by molar-refractivity contribution is 5.83. The number of benzene rings is 1. The highest BCUT2D eigenvalue weighted by Crippen LogP contribution is 2.43. The second-order valence-corrected chi connectivity index (χ2v) is 5.81. The minimum absolute atomic E-state index is 0.316. The van der Waals surface area contributed by atoms with Crippen LogP contribution in [0.15, 0.2) is 41.0 Å². The van der Waals surface area contributed by atoms with E-state index in [1.54, 1.807) is 13.4 Å². The lowest BCUT2D eigenvalue weighted by Gasteiger charge is -2.23. The molecule has 1 aliphatic carbocycles. The van der Waals surface area contributed by atoms with Crippen LogP contribution in [0.3, 0.4) is 0 Å². The zero-order valence-corrected chi connectivity index (χ0v) is 14.0. The molecule has 2 heterocycles. The molecule has 0 saturated carbocycles. The Morgan fingerprint density at radius 2 is 2.04 bits per heavy atom. The van der Waals surface area contributed by atoms with E-state index >= 15 is 0 Å². The zero-order chi connectivity index (χ0) is 17.4. The lowest BCUT2D eigenvalue weighted by atomic mass is 9.84. The third-order valence-corrected chi connectivity index (χ3v) is 4.55. The first kappa shape index (κ1) is 15.3. The number of aryl methyl sites for hydroxylation is 1. The average molecular weight is 332 g/mol. The molecule has 0 N–H and O–H groups in total. The third kappa shape index (κ3) is 2.34. The maximum absolute atomic E-state index is 9.67. The summed E-state index contributed by atoms with van der Waals surface area (Å²) >= 11 is 0. The Morgan fingerprint density at radius 1 is 1.16 bits per heavy atom. The summed E-state index contributed by atoms with van der Waals surface area (Å²) in [7, 11) is 3.19. The fourth-order valence-electron chi connectivity index (χ4n) is 3.41.